The van der Waals surface area contributed by atoms with Gasteiger partial charge in [0.2, 0.25) is 0 Å². The maximum absolute atomic E-state index is 11.3. The van der Waals surface area contributed by atoms with Crippen molar-refractivity contribution in [2.24, 2.45) is 5.41 Å². The zero-order valence-corrected chi connectivity index (χ0v) is 13.1. The van der Waals surface area contributed by atoms with Gasteiger partial charge in [0.05, 0.1) is 18.4 Å². The Morgan fingerprint density at radius 3 is 3.00 bits per heavy atom. The molecule has 0 aromatic carbocycles. The average Bonchev–Trinajstić information content (AvgIpc) is 3.05. The second-order valence-electron chi connectivity index (χ2n) is 4.97. The molecular formula is C15H18O3S2. The highest BCUT2D eigenvalue weighted by Gasteiger charge is 2.44. The summed E-state index contributed by atoms with van der Waals surface area (Å²) in [6.07, 6.45) is 2.81. The van der Waals surface area contributed by atoms with Crippen LogP contribution >= 0.6 is 23.1 Å². The van der Waals surface area contributed by atoms with Gasteiger partial charge < -0.3 is 9.84 Å². The van der Waals surface area contributed by atoms with Gasteiger partial charge in [-0.25, -0.2) is 0 Å². The zero-order chi connectivity index (χ0) is 14.4. The minimum atomic E-state index is -0.0992. The summed E-state index contributed by atoms with van der Waals surface area (Å²) in [7, 11) is 1.45. The molecule has 0 spiro atoms. The Kier molecular flexibility index (Phi) is 5.53. The van der Waals surface area contributed by atoms with Gasteiger partial charge in [-0.1, -0.05) is 11.8 Å². The van der Waals surface area contributed by atoms with E-state index in [4.69, 9.17) is 9.84 Å². The first-order chi connectivity index (χ1) is 9.67. The second-order valence-corrected chi connectivity index (χ2v) is 7.13. The molecule has 1 saturated carbocycles. The summed E-state index contributed by atoms with van der Waals surface area (Å²) in [6, 6.07) is 4.07. The number of methoxy groups -OCH3 is 1. The van der Waals surface area contributed by atoms with Crippen LogP contribution in [0.4, 0.5) is 0 Å². The van der Waals surface area contributed by atoms with E-state index < -0.39 is 0 Å². The molecule has 1 N–H and O–H groups in total. The number of carbonyl (C=O) groups is 1. The van der Waals surface area contributed by atoms with Crippen LogP contribution in [0.5, 0.6) is 0 Å². The fraction of sp³-hybridized carbons (Fsp3) is 0.533. The Balaban J connectivity index is 1.76. The third-order valence-corrected chi connectivity index (χ3v) is 5.82. The molecule has 1 aliphatic carbocycles. The molecule has 20 heavy (non-hydrogen) atoms. The van der Waals surface area contributed by atoms with Crippen molar-refractivity contribution in [1.29, 1.82) is 0 Å². The highest BCUT2D eigenvalue weighted by molar-refractivity contribution is 7.98. The number of thiophene rings is 1. The molecule has 1 aliphatic rings. The average molecular weight is 310 g/mol. The largest absolute Gasteiger partial charge is 0.469 e. The Morgan fingerprint density at radius 2 is 2.35 bits per heavy atom. The van der Waals surface area contributed by atoms with Gasteiger partial charge in [0, 0.05) is 10.6 Å². The molecule has 1 aromatic heterocycles. The van der Waals surface area contributed by atoms with Gasteiger partial charge in [-0.15, -0.1) is 11.3 Å². The summed E-state index contributed by atoms with van der Waals surface area (Å²) < 4.78 is 4.75. The van der Waals surface area contributed by atoms with Crippen LogP contribution in [0.25, 0.3) is 0 Å². The SMILES string of the molecule is COC(=O)CC1(CSCc2ccc(C#CCO)s2)CC1. The molecule has 0 unspecified atom stereocenters. The predicted molar refractivity (Wildman–Crippen MR) is 82.7 cm³/mol. The molecule has 0 atom stereocenters. The highest BCUT2D eigenvalue weighted by atomic mass is 32.2. The summed E-state index contributed by atoms with van der Waals surface area (Å²) in [5, 5.41) is 8.65. The summed E-state index contributed by atoms with van der Waals surface area (Å²) in [5.74, 6) is 7.44. The van der Waals surface area contributed by atoms with Crippen LogP contribution in [-0.2, 0) is 15.3 Å². The van der Waals surface area contributed by atoms with Crippen LogP contribution < -0.4 is 0 Å². The van der Waals surface area contributed by atoms with E-state index in [1.165, 1.54) is 12.0 Å². The quantitative estimate of drug-likeness (QED) is 0.648. The monoisotopic (exact) mass is 310 g/mol. The number of esters is 1. The molecule has 1 aromatic rings. The summed E-state index contributed by atoms with van der Waals surface area (Å²) in [6.45, 7) is -0.0992. The number of hydrogen-bond acceptors (Lipinski definition) is 5. The molecule has 1 fully saturated rings. The van der Waals surface area contributed by atoms with E-state index in [0.717, 1.165) is 29.2 Å². The molecule has 5 heteroatoms. The van der Waals surface area contributed by atoms with E-state index in [2.05, 4.69) is 17.9 Å². The van der Waals surface area contributed by atoms with E-state index in [1.807, 2.05) is 17.8 Å². The molecule has 3 nitrogen and oxygen atoms in total. The second kappa shape index (κ2) is 7.16. The first-order valence-corrected chi connectivity index (χ1v) is 8.48. The predicted octanol–water partition coefficient (Wildman–Crippen LogP) is 2.67. The van der Waals surface area contributed by atoms with E-state index in [9.17, 15) is 4.79 Å². The normalized spacial score (nSPS) is 15.3. The third kappa shape index (κ3) is 4.55. The van der Waals surface area contributed by atoms with E-state index >= 15 is 0 Å². The number of rotatable bonds is 6. The van der Waals surface area contributed by atoms with Gasteiger partial charge in [0.25, 0.3) is 0 Å². The van der Waals surface area contributed by atoms with Gasteiger partial charge in [0.1, 0.15) is 6.61 Å². The van der Waals surface area contributed by atoms with Crippen molar-refractivity contribution < 1.29 is 14.6 Å². The number of carbonyl (C=O) groups excluding carboxylic acids is 1. The van der Waals surface area contributed by atoms with Gasteiger partial charge in [0.15, 0.2) is 0 Å². The fourth-order valence-corrected chi connectivity index (χ4v) is 4.33. The molecule has 108 valence electrons. The molecule has 0 saturated heterocycles. The first kappa shape index (κ1) is 15.4. The van der Waals surface area contributed by atoms with Gasteiger partial charge in [-0.2, -0.15) is 11.8 Å². The van der Waals surface area contributed by atoms with Crippen LogP contribution in [0.2, 0.25) is 0 Å². The Morgan fingerprint density at radius 1 is 1.55 bits per heavy atom. The van der Waals surface area contributed by atoms with Crippen LogP contribution in [0.15, 0.2) is 12.1 Å². The molecular weight excluding hydrogens is 292 g/mol. The number of aliphatic hydroxyl groups excluding tert-OH is 1. The van der Waals surface area contributed by atoms with E-state index in [-0.39, 0.29) is 18.0 Å². The number of ether oxygens (including phenoxy) is 1. The molecule has 0 bridgehead atoms. The van der Waals surface area contributed by atoms with Gasteiger partial charge in [-0.05, 0) is 36.1 Å². The van der Waals surface area contributed by atoms with Gasteiger partial charge in [-0.3, -0.25) is 4.79 Å². The van der Waals surface area contributed by atoms with Crippen molar-refractivity contribution in [3.63, 3.8) is 0 Å². The van der Waals surface area contributed by atoms with Gasteiger partial charge >= 0.3 is 5.97 Å². The fourth-order valence-electron chi connectivity index (χ4n) is 1.94. The Hall–Kier alpha value is -0.960. The smallest absolute Gasteiger partial charge is 0.306 e. The molecule has 0 amide bonds. The Labute approximate surface area is 127 Å². The van der Waals surface area contributed by atoms with Crippen molar-refractivity contribution in [2.45, 2.75) is 25.0 Å². The van der Waals surface area contributed by atoms with E-state index in [0.29, 0.717) is 6.42 Å². The van der Waals surface area contributed by atoms with Crippen molar-refractivity contribution in [3.05, 3.63) is 21.9 Å². The van der Waals surface area contributed by atoms with Crippen LogP contribution in [-0.4, -0.2) is 30.5 Å². The van der Waals surface area contributed by atoms with Crippen LogP contribution in [0.3, 0.4) is 0 Å². The van der Waals surface area contributed by atoms with Crippen molar-refractivity contribution in [1.82, 2.24) is 0 Å². The lowest BCUT2D eigenvalue weighted by Crippen LogP contribution is -2.13. The topological polar surface area (TPSA) is 46.5 Å². The lowest BCUT2D eigenvalue weighted by molar-refractivity contribution is -0.141. The third-order valence-electron chi connectivity index (χ3n) is 3.31. The van der Waals surface area contributed by atoms with Crippen molar-refractivity contribution >= 4 is 29.1 Å². The molecule has 0 aliphatic heterocycles. The Bertz CT molecular complexity index is 521. The van der Waals surface area contributed by atoms with Crippen LogP contribution in [0, 0.1) is 17.3 Å². The molecule has 0 radical (unpaired) electrons. The summed E-state index contributed by atoms with van der Waals surface area (Å²) >= 11 is 3.54. The maximum Gasteiger partial charge on any atom is 0.306 e. The summed E-state index contributed by atoms with van der Waals surface area (Å²) in [4.78, 5) is 13.6. The highest BCUT2D eigenvalue weighted by Crippen LogP contribution is 2.51. The van der Waals surface area contributed by atoms with Crippen molar-refractivity contribution in [2.75, 3.05) is 19.5 Å². The number of hydrogen-bond donors (Lipinski definition) is 1. The number of thioether (sulfide) groups is 1. The van der Waals surface area contributed by atoms with E-state index in [1.54, 1.807) is 11.3 Å². The molecule has 1 heterocycles. The van der Waals surface area contributed by atoms with Crippen molar-refractivity contribution in [3.8, 4) is 11.8 Å². The zero-order valence-electron chi connectivity index (χ0n) is 11.5. The van der Waals surface area contributed by atoms with Crippen LogP contribution in [0.1, 0.15) is 29.0 Å². The molecule has 2 rings (SSSR count). The first-order valence-electron chi connectivity index (χ1n) is 6.50. The maximum atomic E-state index is 11.3. The standard InChI is InChI=1S/C15H18O3S2/c1-18-14(17)9-15(6-7-15)11-19-10-13-5-4-12(20-13)3-2-8-16/h4-5,16H,6-11H2,1H3. The number of aliphatic hydroxyl groups is 1. The lowest BCUT2D eigenvalue weighted by Gasteiger charge is -2.12. The minimum absolute atomic E-state index is 0.0965. The minimum Gasteiger partial charge on any atom is -0.469 e. The summed E-state index contributed by atoms with van der Waals surface area (Å²) in [5.41, 5.74) is 0.189. The lowest BCUT2D eigenvalue weighted by atomic mass is 10.1.